The van der Waals surface area contributed by atoms with Crippen LogP contribution in [0.2, 0.25) is 5.02 Å². The molecule has 1 fully saturated rings. The van der Waals surface area contributed by atoms with Gasteiger partial charge in [0.2, 0.25) is 5.91 Å². The topological polar surface area (TPSA) is 71.4 Å². The summed E-state index contributed by atoms with van der Waals surface area (Å²) in [6, 6.07) is 16.5. The Balaban J connectivity index is 1.60. The summed E-state index contributed by atoms with van der Waals surface area (Å²) >= 11 is 7.66. The van der Waals surface area contributed by atoms with Gasteiger partial charge in [-0.25, -0.2) is 9.79 Å². The van der Waals surface area contributed by atoms with Gasteiger partial charge in [-0.15, -0.1) is 0 Å². The van der Waals surface area contributed by atoms with E-state index in [1.54, 1.807) is 19.1 Å². The molecule has 0 bridgehead atoms. The van der Waals surface area contributed by atoms with Crippen molar-refractivity contribution in [3.63, 3.8) is 0 Å². The van der Waals surface area contributed by atoms with E-state index in [-0.39, 0.29) is 18.9 Å². The predicted molar refractivity (Wildman–Crippen MR) is 141 cm³/mol. The maximum atomic E-state index is 13.5. The molecule has 9 heteroatoms. The molecule has 5 rings (SSSR count). The minimum absolute atomic E-state index is 0.0248. The predicted octanol–water partition coefficient (Wildman–Crippen LogP) is 4.86. The third-order valence-corrected chi connectivity index (χ3v) is 7.38. The Hall–Kier alpha value is -3.07. The van der Waals surface area contributed by atoms with Crippen LogP contribution in [0.4, 0.5) is 0 Å². The molecule has 2 aromatic carbocycles. The number of thioether (sulfide) groups is 1. The van der Waals surface area contributed by atoms with Gasteiger partial charge >= 0.3 is 5.97 Å². The van der Waals surface area contributed by atoms with Gasteiger partial charge in [-0.3, -0.25) is 4.79 Å². The zero-order valence-corrected chi connectivity index (χ0v) is 21.4. The van der Waals surface area contributed by atoms with E-state index < -0.39 is 12.0 Å². The average Bonchev–Trinajstić information content (AvgIpc) is 3.31. The summed E-state index contributed by atoms with van der Waals surface area (Å²) in [7, 11) is 0. The molecule has 1 saturated heterocycles. The lowest BCUT2D eigenvalue weighted by Gasteiger charge is -2.37. The van der Waals surface area contributed by atoms with E-state index in [9.17, 15) is 9.59 Å². The quantitative estimate of drug-likeness (QED) is 0.503. The Morgan fingerprint density at radius 3 is 2.53 bits per heavy atom. The van der Waals surface area contributed by atoms with E-state index in [1.165, 1.54) is 11.8 Å². The van der Waals surface area contributed by atoms with Gasteiger partial charge in [0, 0.05) is 29.4 Å². The number of fused-ring (bicyclic) bond motifs is 1. The zero-order valence-electron chi connectivity index (χ0n) is 19.9. The van der Waals surface area contributed by atoms with E-state index in [1.807, 2.05) is 57.7 Å². The normalized spacial score (nSPS) is 19.6. The first-order valence-electron chi connectivity index (χ1n) is 11.9. The number of morpholine rings is 1. The van der Waals surface area contributed by atoms with Crippen LogP contribution >= 0.6 is 23.4 Å². The van der Waals surface area contributed by atoms with Crippen molar-refractivity contribution in [3.8, 4) is 0 Å². The molecule has 0 radical (unpaired) electrons. The number of nitrogens with zero attached hydrogens (tertiary/aromatic N) is 3. The number of carbonyl (C=O) groups is 2. The minimum atomic E-state index is -0.525. The number of ether oxygens (including phenoxy) is 2. The number of benzene rings is 2. The van der Waals surface area contributed by atoms with Crippen LogP contribution in [0.1, 0.15) is 30.5 Å². The van der Waals surface area contributed by atoms with Crippen LogP contribution in [0, 0.1) is 0 Å². The molecule has 3 aliphatic heterocycles. The van der Waals surface area contributed by atoms with Gasteiger partial charge in [-0.2, -0.15) is 0 Å². The van der Waals surface area contributed by atoms with Crippen LogP contribution in [0.15, 0.2) is 76.3 Å². The average molecular weight is 524 g/mol. The first-order chi connectivity index (χ1) is 17.6. The molecule has 186 valence electrons. The Morgan fingerprint density at radius 1 is 1.11 bits per heavy atom. The van der Waals surface area contributed by atoms with Gasteiger partial charge in [0.15, 0.2) is 5.17 Å². The second-order valence-electron chi connectivity index (χ2n) is 8.46. The molecule has 7 nitrogen and oxygen atoms in total. The summed E-state index contributed by atoms with van der Waals surface area (Å²) in [5.74, 6) is -0.411. The van der Waals surface area contributed by atoms with E-state index in [0.29, 0.717) is 47.8 Å². The number of amides is 1. The third kappa shape index (κ3) is 4.93. The maximum Gasteiger partial charge on any atom is 0.338 e. The largest absolute Gasteiger partial charge is 0.463 e. The molecule has 2 aromatic rings. The highest BCUT2D eigenvalue weighted by atomic mass is 35.5. The van der Waals surface area contributed by atoms with Crippen molar-refractivity contribution < 1.29 is 19.1 Å². The van der Waals surface area contributed by atoms with Crippen LogP contribution in [-0.4, -0.2) is 59.8 Å². The van der Waals surface area contributed by atoms with Crippen molar-refractivity contribution in [2.45, 2.75) is 19.4 Å². The Labute approximate surface area is 219 Å². The molecule has 3 aliphatic rings. The summed E-state index contributed by atoms with van der Waals surface area (Å²) < 4.78 is 10.9. The highest BCUT2D eigenvalue weighted by Crippen LogP contribution is 2.47. The molecule has 36 heavy (non-hydrogen) atoms. The Morgan fingerprint density at radius 2 is 1.83 bits per heavy atom. The first-order valence-corrected chi connectivity index (χ1v) is 13.1. The van der Waals surface area contributed by atoms with Crippen LogP contribution in [0.3, 0.4) is 0 Å². The number of amidine groups is 1. The highest BCUT2D eigenvalue weighted by Gasteiger charge is 2.42. The van der Waals surface area contributed by atoms with Gasteiger partial charge in [0.05, 0.1) is 43.6 Å². The lowest BCUT2D eigenvalue weighted by molar-refractivity contribution is -0.139. The number of esters is 1. The standard InChI is InChI=1S/C27H26ClN3O4S/c1-2-35-26(33)23-24(18-6-4-3-5-7-18)29-27-31(25(23)19-8-10-20(28)11-9-19)21(17-36-27)16-22(32)30-12-14-34-15-13-30/h3-11,17,25H,2,12-16H2,1H3. The lowest BCUT2D eigenvalue weighted by Crippen LogP contribution is -2.42. The Bertz CT molecular complexity index is 1240. The number of hydrogen-bond acceptors (Lipinski definition) is 7. The molecule has 1 unspecified atom stereocenters. The molecular weight excluding hydrogens is 498 g/mol. The highest BCUT2D eigenvalue weighted by molar-refractivity contribution is 8.16. The number of rotatable bonds is 6. The summed E-state index contributed by atoms with van der Waals surface area (Å²) in [5.41, 5.74) is 3.48. The summed E-state index contributed by atoms with van der Waals surface area (Å²) in [5, 5.41) is 3.27. The molecule has 0 spiro atoms. The number of aliphatic imine (C=N–C) groups is 1. The van der Waals surface area contributed by atoms with E-state index in [2.05, 4.69) is 0 Å². The van der Waals surface area contributed by atoms with Gasteiger partial charge in [0.25, 0.3) is 0 Å². The second kappa shape index (κ2) is 10.9. The van der Waals surface area contributed by atoms with Crippen molar-refractivity contribution in [2.24, 2.45) is 4.99 Å². The fraction of sp³-hybridized carbons (Fsp3) is 0.296. The number of halogens is 1. The molecule has 1 atom stereocenters. The third-order valence-electron chi connectivity index (χ3n) is 6.23. The van der Waals surface area contributed by atoms with Crippen LogP contribution < -0.4 is 0 Å². The van der Waals surface area contributed by atoms with Crippen molar-refractivity contribution in [2.75, 3.05) is 32.9 Å². The monoisotopic (exact) mass is 523 g/mol. The van der Waals surface area contributed by atoms with Gasteiger partial charge in [-0.05, 0) is 30.0 Å². The molecular formula is C27H26ClN3O4S. The lowest BCUT2D eigenvalue weighted by atomic mass is 9.91. The molecule has 1 amide bonds. The fourth-order valence-corrected chi connectivity index (χ4v) is 5.57. The fourth-order valence-electron chi connectivity index (χ4n) is 4.53. The SMILES string of the molecule is CCOC(=O)C1=C(c2ccccc2)N=C2SC=C(CC(=O)N3CCOCC3)N2C1c1ccc(Cl)cc1. The minimum Gasteiger partial charge on any atom is -0.463 e. The van der Waals surface area contributed by atoms with Crippen molar-refractivity contribution >= 4 is 46.1 Å². The van der Waals surface area contributed by atoms with Gasteiger partial charge < -0.3 is 19.3 Å². The maximum absolute atomic E-state index is 13.5. The van der Waals surface area contributed by atoms with Crippen molar-refractivity contribution in [1.29, 1.82) is 0 Å². The first kappa shape index (κ1) is 24.6. The molecule has 3 heterocycles. The van der Waals surface area contributed by atoms with Crippen LogP contribution in [-0.2, 0) is 19.1 Å². The summed E-state index contributed by atoms with van der Waals surface area (Å²) in [6.07, 6.45) is 0.201. The second-order valence-corrected chi connectivity index (χ2v) is 9.74. The molecule has 0 N–H and O–H groups in total. The van der Waals surface area contributed by atoms with Crippen molar-refractivity contribution in [1.82, 2.24) is 9.80 Å². The van der Waals surface area contributed by atoms with Gasteiger partial charge in [0.1, 0.15) is 0 Å². The Kier molecular flexibility index (Phi) is 7.46. The summed E-state index contributed by atoms with van der Waals surface area (Å²) in [6.45, 7) is 4.26. The van der Waals surface area contributed by atoms with Crippen LogP contribution in [0.25, 0.3) is 5.70 Å². The van der Waals surface area contributed by atoms with E-state index in [0.717, 1.165) is 16.8 Å². The van der Waals surface area contributed by atoms with E-state index >= 15 is 0 Å². The van der Waals surface area contributed by atoms with Crippen LogP contribution in [0.5, 0.6) is 0 Å². The molecule has 0 aliphatic carbocycles. The molecule has 0 saturated carbocycles. The molecule has 0 aromatic heterocycles. The zero-order chi connectivity index (χ0) is 25.1. The number of carbonyl (C=O) groups excluding carboxylic acids is 2. The summed E-state index contributed by atoms with van der Waals surface area (Å²) in [4.78, 5) is 35.4. The van der Waals surface area contributed by atoms with Crippen molar-refractivity contribution in [3.05, 3.63) is 87.4 Å². The van der Waals surface area contributed by atoms with Gasteiger partial charge in [-0.1, -0.05) is 65.8 Å². The van der Waals surface area contributed by atoms with E-state index in [4.69, 9.17) is 26.1 Å². The smallest absolute Gasteiger partial charge is 0.338 e. The number of hydrogen-bond donors (Lipinski definition) is 0.